The van der Waals surface area contributed by atoms with E-state index in [0.29, 0.717) is 17.3 Å². The Balaban J connectivity index is 1.73. The largest absolute Gasteiger partial charge is 0.496 e. The third-order valence-electron chi connectivity index (χ3n) is 4.48. The number of pyridine rings is 2. The predicted molar refractivity (Wildman–Crippen MR) is 97.6 cm³/mol. The molecule has 0 aliphatic heterocycles. The van der Waals surface area contributed by atoms with Crippen molar-refractivity contribution in [1.82, 2.24) is 9.97 Å². The van der Waals surface area contributed by atoms with E-state index in [9.17, 15) is 9.18 Å². The van der Waals surface area contributed by atoms with E-state index >= 15 is 0 Å². The number of aromatic nitrogens is 2. The number of nitrogens with two attached hydrogens (primary N) is 1. The number of nitrogens with zero attached hydrogens (tertiary/aromatic N) is 2. The molecule has 1 aromatic carbocycles. The number of anilines is 2. The second-order valence-electron chi connectivity index (χ2n) is 6.28. The molecule has 132 valence electrons. The molecule has 2 heterocycles. The number of ether oxygens (including phenoxy) is 1. The summed E-state index contributed by atoms with van der Waals surface area (Å²) in [4.78, 5) is 20.3. The molecule has 2 atom stereocenters. The Morgan fingerprint density at radius 1 is 1.35 bits per heavy atom. The molecule has 7 heteroatoms. The molecule has 26 heavy (non-hydrogen) atoms. The Hall–Kier alpha value is -3.22. The minimum absolute atomic E-state index is 0.275. The third kappa shape index (κ3) is 2.92. The number of halogens is 1. The van der Waals surface area contributed by atoms with E-state index in [2.05, 4.69) is 15.3 Å². The van der Waals surface area contributed by atoms with Crippen LogP contribution in [0.5, 0.6) is 5.75 Å². The number of amides is 1. The molecule has 1 amide bonds. The number of nitrogen functional groups attached to an aromatic ring is 1. The second-order valence-corrected chi connectivity index (χ2v) is 6.28. The van der Waals surface area contributed by atoms with Gasteiger partial charge in [-0.05, 0) is 41.6 Å². The van der Waals surface area contributed by atoms with Crippen molar-refractivity contribution in [2.45, 2.75) is 12.6 Å². The van der Waals surface area contributed by atoms with Crippen molar-refractivity contribution < 1.29 is 13.9 Å². The highest BCUT2D eigenvalue weighted by atomic mass is 19.1. The summed E-state index contributed by atoms with van der Waals surface area (Å²) in [7, 11) is 1.59. The van der Waals surface area contributed by atoms with Crippen molar-refractivity contribution in [1.29, 1.82) is 0 Å². The maximum absolute atomic E-state index is 13.0. The van der Waals surface area contributed by atoms with E-state index in [1.807, 2.05) is 12.1 Å². The van der Waals surface area contributed by atoms with E-state index < -0.39 is 12.1 Å². The van der Waals surface area contributed by atoms with E-state index in [1.165, 1.54) is 0 Å². The normalized spacial score (nSPS) is 18.5. The van der Waals surface area contributed by atoms with Crippen LogP contribution < -0.4 is 15.8 Å². The summed E-state index contributed by atoms with van der Waals surface area (Å²) in [5, 5.41) is 4.24. The first-order valence-corrected chi connectivity index (χ1v) is 8.19. The summed E-state index contributed by atoms with van der Waals surface area (Å²) in [6.45, 7) is 0. The van der Waals surface area contributed by atoms with Crippen molar-refractivity contribution in [3.63, 3.8) is 0 Å². The summed E-state index contributed by atoms with van der Waals surface area (Å²) < 4.78 is 18.4. The second kappa shape index (κ2) is 6.25. The van der Waals surface area contributed by atoms with Crippen LogP contribution in [0.3, 0.4) is 0 Å². The van der Waals surface area contributed by atoms with Crippen LogP contribution in [-0.2, 0) is 4.79 Å². The van der Waals surface area contributed by atoms with Crippen molar-refractivity contribution in [2.75, 3.05) is 18.2 Å². The highest BCUT2D eigenvalue weighted by molar-refractivity contribution is 6.00. The number of nitrogens with one attached hydrogen (secondary N) is 1. The molecule has 0 spiro atoms. The summed E-state index contributed by atoms with van der Waals surface area (Å²) in [6.07, 6.45) is 4.19. The molecule has 0 saturated heterocycles. The molecule has 4 rings (SSSR count). The number of rotatable bonds is 4. The first-order valence-electron chi connectivity index (χ1n) is 8.19. The molecule has 3 aromatic rings. The standard InChI is InChI=1S/C19H17FN4O2/c1-26-17-2-3-22-8-14(17)10-4-11-6-18(23-9-13(11)16(21)5-10)24-19(25)12-7-15(12)20/h2-6,8-9,12,15H,7,21H2,1H3,(H,23,24,25)/t12-,15-/m0/s1. The fourth-order valence-corrected chi connectivity index (χ4v) is 2.94. The Morgan fingerprint density at radius 3 is 2.88 bits per heavy atom. The summed E-state index contributed by atoms with van der Waals surface area (Å²) in [5.41, 5.74) is 8.38. The average Bonchev–Trinajstić information content (AvgIpc) is 3.38. The zero-order chi connectivity index (χ0) is 18.3. The number of alkyl halides is 1. The molecule has 1 aliphatic carbocycles. The smallest absolute Gasteiger partial charge is 0.231 e. The molecule has 0 radical (unpaired) electrons. The monoisotopic (exact) mass is 352 g/mol. The highest BCUT2D eigenvalue weighted by Gasteiger charge is 2.43. The van der Waals surface area contributed by atoms with Gasteiger partial charge in [-0.25, -0.2) is 9.37 Å². The zero-order valence-corrected chi connectivity index (χ0v) is 14.1. The molecule has 0 unspecified atom stereocenters. The van der Waals surface area contributed by atoms with Crippen molar-refractivity contribution in [3.8, 4) is 16.9 Å². The number of carbonyl (C=O) groups excluding carboxylic acids is 1. The Bertz CT molecular complexity index is 1010. The van der Waals surface area contributed by atoms with Gasteiger partial charge in [0, 0.05) is 35.2 Å². The van der Waals surface area contributed by atoms with Gasteiger partial charge in [-0.3, -0.25) is 9.78 Å². The topological polar surface area (TPSA) is 90.1 Å². The van der Waals surface area contributed by atoms with Crippen LogP contribution in [0.1, 0.15) is 6.42 Å². The van der Waals surface area contributed by atoms with Gasteiger partial charge in [0.1, 0.15) is 17.7 Å². The lowest BCUT2D eigenvalue weighted by molar-refractivity contribution is -0.117. The molecule has 1 fully saturated rings. The van der Waals surface area contributed by atoms with Gasteiger partial charge in [-0.15, -0.1) is 0 Å². The number of methoxy groups -OCH3 is 1. The number of carbonyl (C=O) groups is 1. The van der Waals surface area contributed by atoms with Crippen molar-refractivity contribution >= 4 is 28.2 Å². The van der Waals surface area contributed by atoms with Gasteiger partial charge in [-0.2, -0.15) is 0 Å². The third-order valence-corrected chi connectivity index (χ3v) is 4.48. The van der Waals surface area contributed by atoms with E-state index in [1.54, 1.807) is 37.8 Å². The quantitative estimate of drug-likeness (QED) is 0.704. The average molecular weight is 352 g/mol. The van der Waals surface area contributed by atoms with Gasteiger partial charge in [0.2, 0.25) is 5.91 Å². The maximum atomic E-state index is 13.0. The fraction of sp³-hybridized carbons (Fsp3) is 0.211. The first-order chi connectivity index (χ1) is 12.6. The first kappa shape index (κ1) is 16.3. The van der Waals surface area contributed by atoms with Gasteiger partial charge >= 0.3 is 0 Å². The van der Waals surface area contributed by atoms with Crippen molar-refractivity contribution in [3.05, 3.63) is 42.9 Å². The van der Waals surface area contributed by atoms with Gasteiger partial charge < -0.3 is 15.8 Å². The van der Waals surface area contributed by atoms with Gasteiger partial charge in [-0.1, -0.05) is 0 Å². The molecule has 6 nitrogen and oxygen atoms in total. The lowest BCUT2D eigenvalue weighted by Gasteiger charge is -2.11. The van der Waals surface area contributed by atoms with E-state index in [-0.39, 0.29) is 12.3 Å². The predicted octanol–water partition coefficient (Wildman–Crippen LogP) is 3.18. The fourth-order valence-electron chi connectivity index (χ4n) is 2.94. The summed E-state index contributed by atoms with van der Waals surface area (Å²) in [6, 6.07) is 7.26. The van der Waals surface area contributed by atoms with Crippen LogP contribution in [0.25, 0.3) is 21.9 Å². The highest BCUT2D eigenvalue weighted by Crippen LogP contribution is 2.36. The summed E-state index contributed by atoms with van der Waals surface area (Å²) >= 11 is 0. The molecule has 0 bridgehead atoms. The number of hydrogen-bond acceptors (Lipinski definition) is 5. The van der Waals surface area contributed by atoms with Crippen LogP contribution >= 0.6 is 0 Å². The van der Waals surface area contributed by atoms with Gasteiger partial charge in [0.25, 0.3) is 0 Å². The molecular formula is C19H17FN4O2. The molecule has 2 aromatic heterocycles. The molecule has 1 saturated carbocycles. The number of fused-ring (bicyclic) bond motifs is 1. The molecular weight excluding hydrogens is 335 g/mol. The van der Waals surface area contributed by atoms with E-state index in [0.717, 1.165) is 21.9 Å². The van der Waals surface area contributed by atoms with Crippen LogP contribution in [0.15, 0.2) is 42.9 Å². The lowest BCUT2D eigenvalue weighted by atomic mass is 10.0. The zero-order valence-electron chi connectivity index (χ0n) is 14.1. The van der Waals surface area contributed by atoms with Gasteiger partial charge in [0.15, 0.2) is 0 Å². The Morgan fingerprint density at radius 2 is 2.15 bits per heavy atom. The molecule has 3 N–H and O–H groups in total. The van der Waals surface area contributed by atoms with Crippen LogP contribution in [0.2, 0.25) is 0 Å². The van der Waals surface area contributed by atoms with E-state index in [4.69, 9.17) is 10.5 Å². The van der Waals surface area contributed by atoms with Crippen LogP contribution in [0, 0.1) is 5.92 Å². The number of benzene rings is 1. The van der Waals surface area contributed by atoms with Crippen LogP contribution in [-0.4, -0.2) is 29.2 Å². The molecule has 1 aliphatic rings. The minimum atomic E-state index is -1.05. The Labute approximate surface area is 149 Å². The maximum Gasteiger partial charge on any atom is 0.231 e. The number of hydrogen-bond donors (Lipinski definition) is 2. The van der Waals surface area contributed by atoms with Gasteiger partial charge in [0.05, 0.1) is 13.0 Å². The lowest BCUT2D eigenvalue weighted by Crippen LogP contribution is -2.15. The SMILES string of the molecule is COc1ccncc1-c1cc(N)c2cnc(NC(=O)[C@H]3C[C@@H]3F)cc2c1. The Kier molecular flexibility index (Phi) is 3.91. The van der Waals surface area contributed by atoms with Crippen molar-refractivity contribution in [2.24, 2.45) is 5.92 Å². The summed E-state index contributed by atoms with van der Waals surface area (Å²) in [5.74, 6) is 0.145. The van der Waals surface area contributed by atoms with Crippen LogP contribution in [0.4, 0.5) is 15.9 Å². The minimum Gasteiger partial charge on any atom is -0.496 e.